The molecule has 1 heterocycles. The second-order valence-corrected chi connectivity index (χ2v) is 4.78. The van der Waals surface area contributed by atoms with Crippen molar-refractivity contribution in [1.29, 1.82) is 0 Å². The number of aryl methyl sites for hydroxylation is 1. The summed E-state index contributed by atoms with van der Waals surface area (Å²) in [5, 5.41) is 3.48. The van der Waals surface area contributed by atoms with E-state index in [0.717, 1.165) is 44.1 Å². The summed E-state index contributed by atoms with van der Waals surface area (Å²) in [4.78, 5) is 7.07. The third-order valence-corrected chi connectivity index (χ3v) is 3.66. The van der Waals surface area contributed by atoms with Gasteiger partial charge in [0.15, 0.2) is 0 Å². The molecule has 0 radical (unpaired) electrons. The first-order chi connectivity index (χ1) is 9.26. The van der Waals surface area contributed by atoms with E-state index in [1.807, 2.05) is 6.07 Å². The largest absolute Gasteiger partial charge is 0.330 e. The molecule has 19 heavy (non-hydrogen) atoms. The van der Waals surface area contributed by atoms with Crippen molar-refractivity contribution >= 4 is 11.0 Å². The van der Waals surface area contributed by atoms with Crippen LogP contribution < -0.4 is 5.32 Å². The highest BCUT2D eigenvalue weighted by atomic mass is 15.1. The number of imidazole rings is 1. The quantitative estimate of drug-likeness (QED) is 0.773. The number of nitrogens with one attached hydrogen (secondary N) is 1. The van der Waals surface area contributed by atoms with Crippen molar-refractivity contribution in [3.05, 3.63) is 30.1 Å². The SMILES string of the molecule is CCN(CC)CCNCc1nc2ccccc2n1C. The zero-order valence-corrected chi connectivity index (χ0v) is 12.2. The molecule has 0 fully saturated rings. The van der Waals surface area contributed by atoms with E-state index in [2.05, 4.69) is 58.9 Å². The van der Waals surface area contributed by atoms with E-state index >= 15 is 0 Å². The van der Waals surface area contributed by atoms with Gasteiger partial charge in [-0.2, -0.15) is 0 Å². The maximum atomic E-state index is 4.66. The Morgan fingerprint density at radius 2 is 1.95 bits per heavy atom. The predicted octanol–water partition coefficient (Wildman–Crippen LogP) is 2.00. The van der Waals surface area contributed by atoms with Crippen molar-refractivity contribution in [2.24, 2.45) is 7.05 Å². The number of hydrogen-bond donors (Lipinski definition) is 1. The molecule has 0 aliphatic carbocycles. The molecule has 1 N–H and O–H groups in total. The monoisotopic (exact) mass is 260 g/mol. The van der Waals surface area contributed by atoms with Crippen LogP contribution in [0.5, 0.6) is 0 Å². The van der Waals surface area contributed by atoms with Crippen LogP contribution in [-0.4, -0.2) is 40.6 Å². The van der Waals surface area contributed by atoms with Gasteiger partial charge in [-0.3, -0.25) is 0 Å². The summed E-state index contributed by atoms with van der Waals surface area (Å²) >= 11 is 0. The molecular formula is C15H24N4. The van der Waals surface area contributed by atoms with E-state index in [-0.39, 0.29) is 0 Å². The van der Waals surface area contributed by atoms with Crippen LogP contribution in [0.3, 0.4) is 0 Å². The van der Waals surface area contributed by atoms with Gasteiger partial charge in [0.25, 0.3) is 0 Å². The number of fused-ring (bicyclic) bond motifs is 1. The van der Waals surface area contributed by atoms with Crippen LogP contribution in [-0.2, 0) is 13.6 Å². The summed E-state index contributed by atoms with van der Waals surface area (Å²) in [5.74, 6) is 1.10. The lowest BCUT2D eigenvalue weighted by Crippen LogP contribution is -2.32. The Balaban J connectivity index is 1.90. The third kappa shape index (κ3) is 3.33. The molecule has 104 valence electrons. The Hall–Kier alpha value is -1.39. The van der Waals surface area contributed by atoms with Crippen LogP contribution in [0, 0.1) is 0 Å². The van der Waals surface area contributed by atoms with Gasteiger partial charge < -0.3 is 14.8 Å². The van der Waals surface area contributed by atoms with Crippen molar-refractivity contribution in [3.63, 3.8) is 0 Å². The Morgan fingerprint density at radius 1 is 1.21 bits per heavy atom. The minimum Gasteiger partial charge on any atom is -0.330 e. The summed E-state index contributed by atoms with van der Waals surface area (Å²) < 4.78 is 2.17. The number of rotatable bonds is 7. The smallest absolute Gasteiger partial charge is 0.123 e. The summed E-state index contributed by atoms with van der Waals surface area (Å²) in [7, 11) is 2.08. The number of aromatic nitrogens is 2. The van der Waals surface area contributed by atoms with E-state index in [0.29, 0.717) is 0 Å². The number of benzene rings is 1. The van der Waals surface area contributed by atoms with E-state index in [9.17, 15) is 0 Å². The molecular weight excluding hydrogens is 236 g/mol. The van der Waals surface area contributed by atoms with Crippen LogP contribution in [0.1, 0.15) is 19.7 Å². The number of likely N-dealkylation sites (N-methyl/N-ethyl adjacent to an activating group) is 1. The molecule has 0 bridgehead atoms. The summed E-state index contributed by atoms with van der Waals surface area (Å²) in [6.07, 6.45) is 0. The number of nitrogens with zero attached hydrogens (tertiary/aromatic N) is 3. The van der Waals surface area contributed by atoms with E-state index in [1.54, 1.807) is 0 Å². The standard InChI is InChI=1S/C15H24N4/c1-4-19(5-2)11-10-16-12-15-17-13-8-6-7-9-14(13)18(15)3/h6-9,16H,4-5,10-12H2,1-3H3. The average molecular weight is 260 g/mol. The summed E-state index contributed by atoms with van der Waals surface area (Å²) in [6.45, 7) is 9.56. The van der Waals surface area contributed by atoms with Gasteiger partial charge in [0.1, 0.15) is 5.82 Å². The molecule has 4 nitrogen and oxygen atoms in total. The zero-order chi connectivity index (χ0) is 13.7. The van der Waals surface area contributed by atoms with Gasteiger partial charge in [-0.15, -0.1) is 0 Å². The fourth-order valence-electron chi connectivity index (χ4n) is 2.33. The van der Waals surface area contributed by atoms with E-state index in [4.69, 9.17) is 0 Å². The number of hydrogen-bond acceptors (Lipinski definition) is 3. The molecule has 0 aliphatic rings. The Morgan fingerprint density at radius 3 is 2.63 bits per heavy atom. The van der Waals surface area contributed by atoms with Crippen LogP contribution in [0.2, 0.25) is 0 Å². The normalized spacial score (nSPS) is 11.6. The maximum Gasteiger partial charge on any atom is 0.123 e. The molecule has 0 saturated carbocycles. The predicted molar refractivity (Wildman–Crippen MR) is 80.2 cm³/mol. The number of para-hydroxylation sites is 2. The van der Waals surface area contributed by atoms with Gasteiger partial charge in [0, 0.05) is 20.1 Å². The maximum absolute atomic E-state index is 4.66. The van der Waals surface area contributed by atoms with Crippen molar-refractivity contribution in [2.45, 2.75) is 20.4 Å². The van der Waals surface area contributed by atoms with Crippen LogP contribution in [0.4, 0.5) is 0 Å². The molecule has 0 spiro atoms. The van der Waals surface area contributed by atoms with Gasteiger partial charge in [0.2, 0.25) is 0 Å². The highest BCUT2D eigenvalue weighted by molar-refractivity contribution is 5.75. The first-order valence-electron chi connectivity index (χ1n) is 7.09. The minimum absolute atomic E-state index is 0.826. The lowest BCUT2D eigenvalue weighted by molar-refractivity contribution is 0.301. The topological polar surface area (TPSA) is 33.1 Å². The molecule has 2 rings (SSSR count). The highest BCUT2D eigenvalue weighted by Gasteiger charge is 2.06. The van der Waals surface area contributed by atoms with E-state index in [1.165, 1.54) is 5.52 Å². The molecule has 0 amide bonds. The fourth-order valence-corrected chi connectivity index (χ4v) is 2.33. The van der Waals surface area contributed by atoms with Crippen molar-refractivity contribution < 1.29 is 0 Å². The van der Waals surface area contributed by atoms with Gasteiger partial charge in [-0.05, 0) is 25.2 Å². The fraction of sp³-hybridized carbons (Fsp3) is 0.533. The first-order valence-corrected chi connectivity index (χ1v) is 7.09. The second kappa shape index (κ2) is 6.68. The minimum atomic E-state index is 0.826. The highest BCUT2D eigenvalue weighted by Crippen LogP contribution is 2.13. The summed E-state index contributed by atoms with van der Waals surface area (Å²) in [5.41, 5.74) is 2.27. The summed E-state index contributed by atoms with van der Waals surface area (Å²) in [6, 6.07) is 8.27. The van der Waals surface area contributed by atoms with Crippen LogP contribution in [0.15, 0.2) is 24.3 Å². The molecule has 0 unspecified atom stereocenters. The Labute approximate surface area is 115 Å². The van der Waals surface area contributed by atoms with Crippen molar-refractivity contribution in [2.75, 3.05) is 26.2 Å². The lowest BCUT2D eigenvalue weighted by atomic mass is 10.3. The molecule has 2 aromatic rings. The molecule has 0 saturated heterocycles. The third-order valence-electron chi connectivity index (χ3n) is 3.66. The van der Waals surface area contributed by atoms with Gasteiger partial charge in [-0.1, -0.05) is 26.0 Å². The molecule has 4 heteroatoms. The van der Waals surface area contributed by atoms with Crippen molar-refractivity contribution in [3.8, 4) is 0 Å². The van der Waals surface area contributed by atoms with Gasteiger partial charge >= 0.3 is 0 Å². The Kier molecular flexibility index (Phi) is 4.93. The zero-order valence-electron chi connectivity index (χ0n) is 12.2. The van der Waals surface area contributed by atoms with Gasteiger partial charge in [-0.25, -0.2) is 4.98 Å². The first kappa shape index (κ1) is 14.0. The molecule has 1 aromatic carbocycles. The van der Waals surface area contributed by atoms with Crippen LogP contribution >= 0.6 is 0 Å². The average Bonchev–Trinajstić information content (AvgIpc) is 2.76. The lowest BCUT2D eigenvalue weighted by Gasteiger charge is -2.17. The molecule has 0 aliphatic heterocycles. The Bertz CT molecular complexity index is 514. The van der Waals surface area contributed by atoms with Crippen molar-refractivity contribution in [1.82, 2.24) is 19.8 Å². The van der Waals surface area contributed by atoms with Crippen LogP contribution in [0.25, 0.3) is 11.0 Å². The van der Waals surface area contributed by atoms with E-state index < -0.39 is 0 Å². The van der Waals surface area contributed by atoms with Gasteiger partial charge in [0.05, 0.1) is 17.6 Å². The molecule has 1 aromatic heterocycles. The molecule has 0 atom stereocenters. The second-order valence-electron chi connectivity index (χ2n) is 4.78.